The van der Waals surface area contributed by atoms with E-state index in [-0.39, 0.29) is 0 Å². The van der Waals surface area contributed by atoms with Crippen molar-refractivity contribution >= 4 is 0 Å². The predicted molar refractivity (Wildman–Crippen MR) is 42.3 cm³/mol. The topological polar surface area (TPSA) is 43.0 Å². The molecule has 10 heavy (non-hydrogen) atoms. The van der Waals surface area contributed by atoms with Crippen LogP contribution < -0.4 is 11.2 Å². The Morgan fingerprint density at radius 2 is 2.00 bits per heavy atom. The summed E-state index contributed by atoms with van der Waals surface area (Å²) in [4.78, 5) is 0. The van der Waals surface area contributed by atoms with Crippen molar-refractivity contribution in [2.45, 2.75) is 6.42 Å². The van der Waals surface area contributed by atoms with E-state index in [2.05, 4.69) is 5.43 Å². The van der Waals surface area contributed by atoms with Gasteiger partial charge in [-0.3, -0.25) is 4.68 Å². The zero-order valence-electron chi connectivity index (χ0n) is 5.96. The third-order valence-corrected chi connectivity index (χ3v) is 1.28. The Balaban J connectivity index is 2.15. The summed E-state index contributed by atoms with van der Waals surface area (Å²) in [5.74, 6) is 0. The predicted octanol–water partition coefficient (Wildman–Crippen LogP) is 0.380. The van der Waals surface area contributed by atoms with Crippen LogP contribution >= 0.6 is 0 Å². The van der Waals surface area contributed by atoms with Crippen molar-refractivity contribution in [1.82, 2.24) is 4.68 Å². The van der Waals surface area contributed by atoms with E-state index in [0.29, 0.717) is 0 Å². The molecule has 1 aromatic rings. The number of aromatic nitrogens is 1. The summed E-state index contributed by atoms with van der Waals surface area (Å²) in [6, 6.07) is 3.96. The van der Waals surface area contributed by atoms with Crippen LogP contribution in [0.5, 0.6) is 0 Å². The maximum Gasteiger partial charge on any atom is 0.0325 e. The molecule has 0 atom stereocenters. The van der Waals surface area contributed by atoms with Crippen molar-refractivity contribution in [3.63, 3.8) is 0 Å². The summed E-state index contributed by atoms with van der Waals surface area (Å²) < 4.78 is 1.93. The van der Waals surface area contributed by atoms with Gasteiger partial charge in [-0.25, -0.2) is 0 Å². The molecule has 0 unspecified atom stereocenters. The van der Waals surface area contributed by atoms with Crippen LogP contribution in [-0.2, 0) is 0 Å². The van der Waals surface area contributed by atoms with Crippen LogP contribution in [0.25, 0.3) is 0 Å². The van der Waals surface area contributed by atoms with Gasteiger partial charge in [0.25, 0.3) is 0 Å². The van der Waals surface area contributed by atoms with Gasteiger partial charge in [0, 0.05) is 18.9 Å². The van der Waals surface area contributed by atoms with Gasteiger partial charge in [-0.1, -0.05) is 0 Å². The Morgan fingerprint density at radius 1 is 1.30 bits per heavy atom. The van der Waals surface area contributed by atoms with Gasteiger partial charge in [-0.05, 0) is 25.1 Å². The molecule has 0 saturated heterocycles. The second-order valence-electron chi connectivity index (χ2n) is 2.14. The van der Waals surface area contributed by atoms with Crippen LogP contribution in [0.15, 0.2) is 24.5 Å². The highest BCUT2D eigenvalue weighted by Gasteiger charge is 1.83. The fourth-order valence-electron chi connectivity index (χ4n) is 0.750. The standard InChI is InChI=1S/C7H13N3/c8-4-3-5-9-10-6-1-2-7-10/h1-2,6-7,9H,3-5,8H2. The first-order valence-electron chi connectivity index (χ1n) is 3.50. The van der Waals surface area contributed by atoms with E-state index in [1.165, 1.54) is 0 Å². The van der Waals surface area contributed by atoms with Gasteiger partial charge in [0.15, 0.2) is 0 Å². The Morgan fingerprint density at radius 3 is 2.60 bits per heavy atom. The molecule has 0 bridgehead atoms. The van der Waals surface area contributed by atoms with Crippen LogP contribution in [0.3, 0.4) is 0 Å². The minimum absolute atomic E-state index is 0.744. The van der Waals surface area contributed by atoms with Crippen molar-refractivity contribution in [2.75, 3.05) is 18.5 Å². The molecule has 56 valence electrons. The Kier molecular flexibility index (Phi) is 2.83. The molecule has 0 fully saturated rings. The van der Waals surface area contributed by atoms with Gasteiger partial charge >= 0.3 is 0 Å². The van der Waals surface area contributed by atoms with Crippen molar-refractivity contribution < 1.29 is 0 Å². The number of hydrogen-bond acceptors (Lipinski definition) is 2. The average Bonchev–Trinajstić information content (AvgIpc) is 2.41. The molecule has 3 heteroatoms. The minimum atomic E-state index is 0.744. The molecule has 1 heterocycles. The molecule has 0 saturated carbocycles. The molecule has 0 aliphatic heterocycles. The quantitative estimate of drug-likeness (QED) is 0.592. The van der Waals surface area contributed by atoms with E-state index in [9.17, 15) is 0 Å². The number of hydrogen-bond donors (Lipinski definition) is 2. The lowest BCUT2D eigenvalue weighted by Crippen LogP contribution is -2.16. The minimum Gasteiger partial charge on any atom is -0.330 e. The lowest BCUT2D eigenvalue weighted by Gasteiger charge is -2.04. The summed E-state index contributed by atoms with van der Waals surface area (Å²) in [5, 5.41) is 0. The molecule has 1 aromatic heterocycles. The zero-order chi connectivity index (χ0) is 7.23. The van der Waals surface area contributed by atoms with Crippen LogP contribution in [0, 0.1) is 0 Å². The lowest BCUT2D eigenvalue weighted by molar-refractivity contribution is 0.777. The van der Waals surface area contributed by atoms with Gasteiger partial charge < -0.3 is 11.2 Å². The number of nitrogens with two attached hydrogens (primary N) is 1. The first-order chi connectivity index (χ1) is 4.93. The molecular weight excluding hydrogens is 126 g/mol. The third kappa shape index (κ3) is 2.11. The second kappa shape index (κ2) is 3.95. The smallest absolute Gasteiger partial charge is 0.0325 e. The Labute approximate surface area is 60.8 Å². The number of nitrogens with zero attached hydrogens (tertiary/aromatic N) is 1. The summed E-state index contributed by atoms with van der Waals surface area (Å²) in [5.41, 5.74) is 8.48. The molecule has 0 aliphatic rings. The number of nitrogens with one attached hydrogen (secondary N) is 1. The van der Waals surface area contributed by atoms with E-state index in [1.807, 2.05) is 29.2 Å². The van der Waals surface area contributed by atoms with Crippen molar-refractivity contribution in [1.29, 1.82) is 0 Å². The fourth-order valence-corrected chi connectivity index (χ4v) is 0.750. The van der Waals surface area contributed by atoms with Crippen LogP contribution in [0.2, 0.25) is 0 Å². The van der Waals surface area contributed by atoms with Crippen molar-refractivity contribution in [3.05, 3.63) is 24.5 Å². The van der Waals surface area contributed by atoms with Crippen LogP contribution in [0.1, 0.15) is 6.42 Å². The van der Waals surface area contributed by atoms with Gasteiger partial charge in [0.2, 0.25) is 0 Å². The van der Waals surface area contributed by atoms with Crippen LogP contribution in [0.4, 0.5) is 0 Å². The van der Waals surface area contributed by atoms with E-state index in [4.69, 9.17) is 5.73 Å². The maximum absolute atomic E-state index is 5.32. The Hall–Kier alpha value is -0.960. The van der Waals surface area contributed by atoms with E-state index >= 15 is 0 Å². The normalized spacial score (nSPS) is 9.70. The van der Waals surface area contributed by atoms with Gasteiger partial charge in [-0.15, -0.1) is 0 Å². The van der Waals surface area contributed by atoms with Gasteiger partial charge in [0.05, 0.1) is 0 Å². The van der Waals surface area contributed by atoms with Crippen LogP contribution in [-0.4, -0.2) is 17.8 Å². The molecular formula is C7H13N3. The molecule has 3 nitrogen and oxygen atoms in total. The van der Waals surface area contributed by atoms with E-state index < -0.39 is 0 Å². The summed E-state index contributed by atoms with van der Waals surface area (Å²) in [6.45, 7) is 1.68. The van der Waals surface area contributed by atoms with E-state index in [1.54, 1.807) is 0 Å². The van der Waals surface area contributed by atoms with Gasteiger partial charge in [0.1, 0.15) is 0 Å². The van der Waals surface area contributed by atoms with E-state index in [0.717, 1.165) is 19.5 Å². The first-order valence-corrected chi connectivity index (χ1v) is 3.50. The maximum atomic E-state index is 5.32. The highest BCUT2D eigenvalue weighted by molar-refractivity contribution is 4.92. The number of rotatable bonds is 4. The summed E-state index contributed by atoms with van der Waals surface area (Å²) in [7, 11) is 0. The molecule has 3 N–H and O–H groups in total. The zero-order valence-corrected chi connectivity index (χ0v) is 5.96. The average molecular weight is 139 g/mol. The molecule has 0 radical (unpaired) electrons. The summed E-state index contributed by atoms with van der Waals surface area (Å²) in [6.07, 6.45) is 4.95. The monoisotopic (exact) mass is 139 g/mol. The summed E-state index contributed by atoms with van der Waals surface area (Å²) >= 11 is 0. The largest absolute Gasteiger partial charge is 0.330 e. The second-order valence-corrected chi connectivity index (χ2v) is 2.14. The fraction of sp³-hybridized carbons (Fsp3) is 0.429. The van der Waals surface area contributed by atoms with Gasteiger partial charge in [-0.2, -0.15) is 0 Å². The van der Waals surface area contributed by atoms with Crippen molar-refractivity contribution in [3.8, 4) is 0 Å². The highest BCUT2D eigenvalue weighted by atomic mass is 15.4. The first kappa shape index (κ1) is 7.15. The molecule has 0 aromatic carbocycles. The van der Waals surface area contributed by atoms with Crippen molar-refractivity contribution in [2.24, 2.45) is 5.73 Å². The third-order valence-electron chi connectivity index (χ3n) is 1.28. The molecule has 0 spiro atoms. The molecule has 0 amide bonds. The Bertz CT molecular complexity index is 157. The highest BCUT2D eigenvalue weighted by Crippen LogP contribution is 1.84. The molecule has 1 rings (SSSR count). The SMILES string of the molecule is NCCCNn1cccc1. The molecule has 0 aliphatic carbocycles. The lowest BCUT2D eigenvalue weighted by atomic mass is 10.4.